The van der Waals surface area contributed by atoms with E-state index in [1.54, 1.807) is 36.4 Å². The summed E-state index contributed by atoms with van der Waals surface area (Å²) in [5.74, 6) is -0.0609. The molecule has 2 aliphatic rings. The molecule has 1 atom stereocenters. The second kappa shape index (κ2) is 10.7. The van der Waals surface area contributed by atoms with Crippen LogP contribution in [0.2, 0.25) is 0 Å². The van der Waals surface area contributed by atoms with Gasteiger partial charge in [0.15, 0.2) is 0 Å². The smallest absolute Gasteiger partial charge is 0.263 e. The van der Waals surface area contributed by atoms with E-state index in [1.165, 1.54) is 12.1 Å². The number of amides is 1. The van der Waals surface area contributed by atoms with Gasteiger partial charge in [-0.15, -0.1) is 0 Å². The van der Waals surface area contributed by atoms with E-state index in [4.69, 9.17) is 0 Å². The molecule has 0 spiro atoms. The molecule has 1 saturated heterocycles. The number of halogens is 1. The van der Waals surface area contributed by atoms with Crippen LogP contribution in [0.1, 0.15) is 43.7 Å². The molecule has 7 nitrogen and oxygen atoms in total. The molecule has 2 aliphatic heterocycles. The van der Waals surface area contributed by atoms with E-state index in [2.05, 4.69) is 21.5 Å². The van der Waals surface area contributed by atoms with Crippen molar-refractivity contribution in [2.45, 2.75) is 50.1 Å². The fraction of sp³-hybridized carbons (Fsp3) is 0.440. The van der Waals surface area contributed by atoms with Crippen molar-refractivity contribution in [2.75, 3.05) is 26.2 Å². The van der Waals surface area contributed by atoms with Crippen molar-refractivity contribution in [1.82, 2.24) is 14.5 Å². The summed E-state index contributed by atoms with van der Waals surface area (Å²) in [4.78, 5) is 22.5. The quantitative estimate of drug-likeness (QED) is 0.652. The first-order valence-corrected chi connectivity index (χ1v) is 13.3. The third kappa shape index (κ3) is 5.64. The molecule has 0 aliphatic carbocycles. The van der Waals surface area contributed by atoms with Gasteiger partial charge < -0.3 is 4.90 Å². The average molecular weight is 487 g/mol. The number of hydrogen-bond acceptors (Lipinski definition) is 5. The maximum absolute atomic E-state index is 13.5. The van der Waals surface area contributed by atoms with Crippen molar-refractivity contribution in [1.29, 1.82) is 0 Å². The SMILES string of the molecule is CCCCC(N=C1NS(=O)(=O)c2ccccc21)C(=O)N1CCCN(Cc2ccc(F)cc2)CC1. The third-order valence-corrected chi connectivity index (χ3v) is 7.68. The highest BCUT2D eigenvalue weighted by Crippen LogP contribution is 2.24. The molecule has 0 bridgehead atoms. The van der Waals surface area contributed by atoms with Crippen LogP contribution in [0, 0.1) is 5.82 Å². The lowest BCUT2D eigenvalue weighted by Gasteiger charge is -2.25. The van der Waals surface area contributed by atoms with Crippen LogP contribution in [-0.4, -0.2) is 62.2 Å². The van der Waals surface area contributed by atoms with E-state index >= 15 is 0 Å². The van der Waals surface area contributed by atoms with E-state index in [0.29, 0.717) is 31.6 Å². The first-order chi connectivity index (χ1) is 16.4. The molecule has 1 fully saturated rings. The van der Waals surface area contributed by atoms with Crippen molar-refractivity contribution < 1.29 is 17.6 Å². The summed E-state index contributed by atoms with van der Waals surface area (Å²) in [5.41, 5.74) is 1.55. The van der Waals surface area contributed by atoms with Gasteiger partial charge >= 0.3 is 0 Å². The second-order valence-electron chi connectivity index (χ2n) is 8.82. The Labute approximate surface area is 200 Å². The number of carbonyl (C=O) groups excluding carboxylic acids is 1. The zero-order chi connectivity index (χ0) is 24.1. The van der Waals surface area contributed by atoms with Gasteiger partial charge in [-0.3, -0.25) is 19.4 Å². The van der Waals surface area contributed by atoms with E-state index in [1.807, 2.05) is 4.90 Å². The summed E-state index contributed by atoms with van der Waals surface area (Å²) in [6, 6.07) is 12.6. The lowest BCUT2D eigenvalue weighted by Crippen LogP contribution is -2.41. The molecular weight excluding hydrogens is 455 g/mol. The van der Waals surface area contributed by atoms with E-state index in [9.17, 15) is 17.6 Å². The molecule has 0 radical (unpaired) electrons. The van der Waals surface area contributed by atoms with Gasteiger partial charge in [-0.05, 0) is 42.7 Å². The molecule has 1 N–H and O–H groups in total. The molecule has 182 valence electrons. The number of fused-ring (bicyclic) bond motifs is 1. The Bertz CT molecular complexity index is 1150. The van der Waals surface area contributed by atoms with Crippen LogP contribution in [0.25, 0.3) is 0 Å². The molecule has 1 unspecified atom stereocenters. The normalized spacial score (nSPS) is 19.9. The van der Waals surface area contributed by atoms with Gasteiger partial charge in [0.05, 0.1) is 4.90 Å². The molecule has 34 heavy (non-hydrogen) atoms. The Balaban J connectivity index is 1.47. The van der Waals surface area contributed by atoms with Crippen LogP contribution in [0.4, 0.5) is 4.39 Å². The number of rotatable bonds is 7. The highest BCUT2D eigenvalue weighted by Gasteiger charge is 2.33. The predicted molar refractivity (Wildman–Crippen MR) is 129 cm³/mol. The largest absolute Gasteiger partial charge is 0.340 e. The van der Waals surface area contributed by atoms with Gasteiger partial charge in [0.25, 0.3) is 10.0 Å². The lowest BCUT2D eigenvalue weighted by atomic mass is 10.1. The fourth-order valence-electron chi connectivity index (χ4n) is 4.43. The first kappa shape index (κ1) is 24.3. The van der Waals surface area contributed by atoms with Crippen LogP contribution in [-0.2, 0) is 21.4 Å². The van der Waals surface area contributed by atoms with Gasteiger partial charge in [-0.1, -0.05) is 44.0 Å². The van der Waals surface area contributed by atoms with E-state index in [0.717, 1.165) is 37.9 Å². The zero-order valence-electron chi connectivity index (χ0n) is 19.4. The Hall–Kier alpha value is -2.78. The fourth-order valence-corrected chi connectivity index (χ4v) is 5.67. The van der Waals surface area contributed by atoms with Crippen LogP contribution >= 0.6 is 0 Å². The Kier molecular flexibility index (Phi) is 7.63. The van der Waals surface area contributed by atoms with Gasteiger partial charge in [0, 0.05) is 38.3 Å². The minimum absolute atomic E-state index is 0.0619. The molecule has 4 rings (SSSR count). The molecule has 2 heterocycles. The summed E-state index contributed by atoms with van der Waals surface area (Å²) in [6.45, 7) is 5.55. The third-order valence-electron chi connectivity index (χ3n) is 6.28. The standard InChI is InChI=1S/C25H31FN4O3S/c1-2-3-8-22(27-24-21-7-4-5-9-23(21)34(32,33)28-24)25(31)30-15-6-14-29(16-17-30)18-19-10-12-20(26)13-11-19/h4-5,7,9-13,22H,2-3,6,8,14-18H2,1H3,(H,27,28). The van der Waals surface area contributed by atoms with Crippen molar-refractivity contribution in [2.24, 2.45) is 4.99 Å². The van der Waals surface area contributed by atoms with Crippen LogP contribution < -0.4 is 4.72 Å². The average Bonchev–Trinajstić information content (AvgIpc) is 2.95. The number of nitrogens with zero attached hydrogens (tertiary/aromatic N) is 3. The van der Waals surface area contributed by atoms with E-state index < -0.39 is 16.1 Å². The molecule has 9 heteroatoms. The predicted octanol–water partition coefficient (Wildman–Crippen LogP) is 3.16. The zero-order valence-corrected chi connectivity index (χ0v) is 20.2. The second-order valence-corrected chi connectivity index (χ2v) is 10.5. The number of amidine groups is 1. The summed E-state index contributed by atoms with van der Waals surface area (Å²) in [6.07, 6.45) is 3.15. The molecule has 0 aromatic heterocycles. The Morgan fingerprint density at radius 3 is 2.62 bits per heavy atom. The van der Waals surface area contributed by atoms with Crippen LogP contribution in [0.5, 0.6) is 0 Å². The van der Waals surface area contributed by atoms with E-state index in [-0.39, 0.29) is 22.5 Å². The number of benzene rings is 2. The molecule has 1 amide bonds. The van der Waals surface area contributed by atoms with Crippen molar-refractivity contribution in [3.63, 3.8) is 0 Å². The lowest BCUT2D eigenvalue weighted by molar-refractivity contribution is -0.132. The molecule has 0 saturated carbocycles. The number of hydrogen-bond donors (Lipinski definition) is 1. The first-order valence-electron chi connectivity index (χ1n) is 11.8. The minimum atomic E-state index is -3.65. The molecule has 2 aromatic carbocycles. The van der Waals surface area contributed by atoms with Crippen molar-refractivity contribution in [3.8, 4) is 0 Å². The number of carbonyl (C=O) groups is 1. The minimum Gasteiger partial charge on any atom is -0.340 e. The van der Waals surface area contributed by atoms with Gasteiger partial charge in [0.1, 0.15) is 17.7 Å². The number of sulfonamides is 1. The van der Waals surface area contributed by atoms with Crippen LogP contribution in [0.3, 0.4) is 0 Å². The maximum Gasteiger partial charge on any atom is 0.263 e. The summed E-state index contributed by atoms with van der Waals surface area (Å²) >= 11 is 0. The number of nitrogens with one attached hydrogen (secondary N) is 1. The summed E-state index contributed by atoms with van der Waals surface area (Å²) in [5, 5.41) is 0. The summed E-state index contributed by atoms with van der Waals surface area (Å²) < 4.78 is 40.7. The number of unbranched alkanes of at least 4 members (excludes halogenated alkanes) is 1. The van der Waals surface area contributed by atoms with Crippen LogP contribution in [0.15, 0.2) is 58.4 Å². The Morgan fingerprint density at radius 1 is 1.09 bits per heavy atom. The maximum atomic E-state index is 13.5. The number of aliphatic imine (C=N–C) groups is 1. The van der Waals surface area contributed by atoms with Gasteiger partial charge in [-0.2, -0.15) is 0 Å². The molecular formula is C25H31FN4O3S. The molecule has 2 aromatic rings. The van der Waals surface area contributed by atoms with Crippen molar-refractivity contribution in [3.05, 3.63) is 65.5 Å². The highest BCUT2D eigenvalue weighted by molar-refractivity contribution is 7.90. The highest BCUT2D eigenvalue weighted by atomic mass is 32.2. The van der Waals surface area contributed by atoms with Crippen molar-refractivity contribution >= 4 is 21.8 Å². The monoisotopic (exact) mass is 486 g/mol. The topological polar surface area (TPSA) is 82.1 Å². The Morgan fingerprint density at radius 2 is 1.85 bits per heavy atom. The van der Waals surface area contributed by atoms with Gasteiger partial charge in [-0.25, -0.2) is 12.8 Å². The van der Waals surface area contributed by atoms with Gasteiger partial charge in [0.2, 0.25) is 5.91 Å². The summed E-state index contributed by atoms with van der Waals surface area (Å²) in [7, 11) is -3.65.